The van der Waals surface area contributed by atoms with E-state index < -0.39 is 18.0 Å². The number of anilines is 2. The summed E-state index contributed by atoms with van der Waals surface area (Å²) in [4.78, 5) is 42.5. The molecule has 3 aromatic carbocycles. The van der Waals surface area contributed by atoms with Crippen LogP contribution in [0.25, 0.3) is 0 Å². The quantitative estimate of drug-likeness (QED) is 0.410. The molecule has 0 saturated carbocycles. The van der Waals surface area contributed by atoms with Gasteiger partial charge in [-0.15, -0.1) is 0 Å². The fourth-order valence-corrected chi connectivity index (χ4v) is 4.12. The van der Waals surface area contributed by atoms with Gasteiger partial charge in [0.25, 0.3) is 5.91 Å². The zero-order chi connectivity index (χ0) is 26.4. The number of ether oxygens (including phenoxy) is 3. The fourth-order valence-electron chi connectivity index (χ4n) is 4.12. The highest BCUT2D eigenvalue weighted by atomic mass is 16.5. The fraction of sp³-hybridized carbons (Fsp3) is 0.250. The summed E-state index contributed by atoms with van der Waals surface area (Å²) < 4.78 is 15.9. The first-order valence-corrected chi connectivity index (χ1v) is 11.9. The maximum atomic E-state index is 13.5. The number of carbonyl (C=O) groups excluding carboxylic acids is 3. The molecule has 1 fully saturated rings. The number of amides is 4. The molecular formula is C28H29N3O6. The molecule has 0 aromatic heterocycles. The summed E-state index contributed by atoms with van der Waals surface area (Å²) in [6.07, 6.45) is -0.200. The number of rotatable bonds is 10. The summed E-state index contributed by atoms with van der Waals surface area (Å²) in [6.45, 7) is 2.58. The SMILES string of the molecule is CCOc1ccc(NC(=O)C[C@H]2C(=O)N(c3cccc(OC)c3)C(=O)N2Cc2ccc(OC)cc2)cc1. The Bertz CT molecular complexity index is 1260. The Hall–Kier alpha value is -4.53. The molecule has 9 heteroatoms. The van der Waals surface area contributed by atoms with Gasteiger partial charge in [-0.25, -0.2) is 9.69 Å². The summed E-state index contributed by atoms with van der Waals surface area (Å²) >= 11 is 0. The van der Waals surface area contributed by atoms with Crippen molar-refractivity contribution in [2.75, 3.05) is 31.0 Å². The van der Waals surface area contributed by atoms with E-state index in [1.807, 2.05) is 19.1 Å². The van der Waals surface area contributed by atoms with E-state index in [2.05, 4.69) is 5.32 Å². The average Bonchev–Trinajstić information content (AvgIpc) is 3.14. The van der Waals surface area contributed by atoms with Crippen LogP contribution in [0.2, 0.25) is 0 Å². The van der Waals surface area contributed by atoms with Crippen molar-refractivity contribution in [3.63, 3.8) is 0 Å². The third-order valence-electron chi connectivity index (χ3n) is 5.97. The second kappa shape index (κ2) is 11.5. The van der Waals surface area contributed by atoms with Crippen molar-refractivity contribution in [2.45, 2.75) is 25.9 Å². The zero-order valence-electron chi connectivity index (χ0n) is 21.0. The summed E-state index contributed by atoms with van der Waals surface area (Å²) in [5.74, 6) is 1.01. The van der Waals surface area contributed by atoms with Crippen molar-refractivity contribution in [3.8, 4) is 17.2 Å². The lowest BCUT2D eigenvalue weighted by Crippen LogP contribution is -2.37. The van der Waals surface area contributed by atoms with Gasteiger partial charge in [0, 0.05) is 18.3 Å². The molecule has 192 valence electrons. The number of benzene rings is 3. The van der Waals surface area contributed by atoms with Crippen LogP contribution in [0, 0.1) is 0 Å². The minimum absolute atomic E-state index is 0.149. The number of methoxy groups -OCH3 is 2. The van der Waals surface area contributed by atoms with Gasteiger partial charge < -0.3 is 24.4 Å². The summed E-state index contributed by atoms with van der Waals surface area (Å²) in [7, 11) is 3.08. The predicted octanol–water partition coefficient (Wildman–Crippen LogP) is 4.47. The van der Waals surface area contributed by atoms with E-state index in [1.54, 1.807) is 67.8 Å². The second-order valence-corrected chi connectivity index (χ2v) is 8.36. The van der Waals surface area contributed by atoms with Gasteiger partial charge in [-0.1, -0.05) is 18.2 Å². The van der Waals surface area contributed by atoms with E-state index in [0.717, 1.165) is 10.5 Å². The molecule has 1 atom stereocenters. The summed E-state index contributed by atoms with van der Waals surface area (Å²) in [6, 6.07) is 19.4. The Morgan fingerprint density at radius 3 is 2.22 bits per heavy atom. The first-order valence-electron chi connectivity index (χ1n) is 11.9. The van der Waals surface area contributed by atoms with Crippen LogP contribution < -0.4 is 24.4 Å². The lowest BCUT2D eigenvalue weighted by molar-refractivity contribution is -0.124. The molecule has 1 saturated heterocycles. The highest BCUT2D eigenvalue weighted by molar-refractivity contribution is 6.22. The van der Waals surface area contributed by atoms with Gasteiger partial charge >= 0.3 is 6.03 Å². The topological polar surface area (TPSA) is 97.4 Å². The molecule has 1 aliphatic rings. The van der Waals surface area contributed by atoms with Gasteiger partial charge in [-0.2, -0.15) is 0 Å². The Balaban J connectivity index is 1.57. The standard InChI is InChI=1S/C28H29N3O6/c1-4-37-23-14-10-20(11-15-23)29-26(32)17-25-27(33)31(21-6-5-7-24(16-21)36-3)28(34)30(25)18-19-8-12-22(35-2)13-9-19/h5-16,25H,4,17-18H2,1-3H3,(H,29,32)/t25-/m0/s1. The van der Waals surface area contributed by atoms with Crippen LogP contribution in [0.5, 0.6) is 17.2 Å². The van der Waals surface area contributed by atoms with Crippen molar-refractivity contribution in [3.05, 3.63) is 78.4 Å². The number of urea groups is 1. The number of nitrogens with one attached hydrogen (secondary N) is 1. The molecule has 0 aliphatic carbocycles. The molecule has 4 rings (SSSR count). The number of carbonyl (C=O) groups is 3. The number of nitrogens with zero attached hydrogens (tertiary/aromatic N) is 2. The third kappa shape index (κ3) is 5.83. The zero-order valence-corrected chi connectivity index (χ0v) is 21.0. The lowest BCUT2D eigenvalue weighted by atomic mass is 10.1. The Labute approximate surface area is 215 Å². The molecule has 4 amide bonds. The predicted molar refractivity (Wildman–Crippen MR) is 139 cm³/mol. The van der Waals surface area contributed by atoms with Gasteiger partial charge in [0.05, 0.1) is 32.9 Å². The van der Waals surface area contributed by atoms with Crippen LogP contribution in [0.1, 0.15) is 18.9 Å². The van der Waals surface area contributed by atoms with Crippen molar-refractivity contribution >= 4 is 29.2 Å². The molecule has 0 unspecified atom stereocenters. The van der Waals surface area contributed by atoms with Crippen LogP contribution in [-0.4, -0.2) is 49.6 Å². The lowest BCUT2D eigenvalue weighted by Gasteiger charge is -2.22. The molecular weight excluding hydrogens is 474 g/mol. The third-order valence-corrected chi connectivity index (χ3v) is 5.97. The van der Waals surface area contributed by atoms with Gasteiger partial charge in [-0.05, 0) is 61.0 Å². The van der Waals surface area contributed by atoms with E-state index in [9.17, 15) is 14.4 Å². The Kier molecular flexibility index (Phi) is 7.92. The number of hydrogen-bond donors (Lipinski definition) is 1. The maximum Gasteiger partial charge on any atom is 0.332 e. The molecule has 0 bridgehead atoms. The van der Waals surface area contributed by atoms with Gasteiger partial charge in [0.2, 0.25) is 5.91 Å². The molecule has 3 aromatic rings. The Morgan fingerprint density at radius 1 is 0.892 bits per heavy atom. The monoisotopic (exact) mass is 503 g/mol. The molecule has 0 spiro atoms. The molecule has 37 heavy (non-hydrogen) atoms. The molecule has 1 aliphatic heterocycles. The minimum atomic E-state index is -0.983. The molecule has 1 N–H and O–H groups in total. The minimum Gasteiger partial charge on any atom is -0.497 e. The molecule has 1 heterocycles. The van der Waals surface area contributed by atoms with Crippen LogP contribution in [0.15, 0.2) is 72.8 Å². The Morgan fingerprint density at radius 2 is 1.57 bits per heavy atom. The van der Waals surface area contributed by atoms with E-state index in [1.165, 1.54) is 12.0 Å². The summed E-state index contributed by atoms with van der Waals surface area (Å²) in [5, 5.41) is 2.81. The van der Waals surface area contributed by atoms with Gasteiger partial charge in [-0.3, -0.25) is 9.59 Å². The maximum absolute atomic E-state index is 13.5. The first kappa shape index (κ1) is 25.6. The van der Waals surface area contributed by atoms with E-state index >= 15 is 0 Å². The average molecular weight is 504 g/mol. The molecule has 9 nitrogen and oxygen atoms in total. The van der Waals surface area contributed by atoms with Crippen molar-refractivity contribution < 1.29 is 28.6 Å². The largest absolute Gasteiger partial charge is 0.497 e. The van der Waals surface area contributed by atoms with Gasteiger partial charge in [0.1, 0.15) is 23.3 Å². The second-order valence-electron chi connectivity index (χ2n) is 8.36. The van der Waals surface area contributed by atoms with E-state index in [-0.39, 0.29) is 18.9 Å². The van der Waals surface area contributed by atoms with Crippen LogP contribution in [0.4, 0.5) is 16.2 Å². The van der Waals surface area contributed by atoms with Gasteiger partial charge in [0.15, 0.2) is 0 Å². The molecule has 0 radical (unpaired) electrons. The van der Waals surface area contributed by atoms with Crippen LogP contribution in [-0.2, 0) is 16.1 Å². The first-order chi connectivity index (χ1) is 17.9. The highest BCUT2D eigenvalue weighted by Crippen LogP contribution is 2.31. The smallest absolute Gasteiger partial charge is 0.332 e. The number of imide groups is 1. The van der Waals surface area contributed by atoms with Crippen molar-refractivity contribution in [2.24, 2.45) is 0 Å². The van der Waals surface area contributed by atoms with Crippen LogP contribution in [0.3, 0.4) is 0 Å². The van der Waals surface area contributed by atoms with Crippen molar-refractivity contribution in [1.82, 2.24) is 4.90 Å². The van der Waals surface area contributed by atoms with E-state index in [0.29, 0.717) is 35.2 Å². The van der Waals surface area contributed by atoms with Crippen molar-refractivity contribution in [1.29, 1.82) is 0 Å². The highest BCUT2D eigenvalue weighted by Gasteiger charge is 2.46. The summed E-state index contributed by atoms with van der Waals surface area (Å²) in [5.41, 5.74) is 1.74. The van der Waals surface area contributed by atoms with Crippen LogP contribution >= 0.6 is 0 Å². The normalized spacial score (nSPS) is 15.1. The number of hydrogen-bond acceptors (Lipinski definition) is 6. The van der Waals surface area contributed by atoms with E-state index in [4.69, 9.17) is 14.2 Å².